The van der Waals surface area contributed by atoms with Crippen molar-refractivity contribution in [2.45, 2.75) is 17.9 Å². The van der Waals surface area contributed by atoms with Gasteiger partial charge in [-0.25, -0.2) is 0 Å². The van der Waals surface area contributed by atoms with E-state index >= 15 is 0 Å². The second-order valence-corrected chi connectivity index (χ2v) is 6.45. The average Bonchev–Trinajstić information content (AvgIpc) is 2.63. The minimum Gasteiger partial charge on any atom is -0.334 e. The molecule has 1 rings (SSSR count). The molecule has 12 heteroatoms. The van der Waals surface area contributed by atoms with Crippen LogP contribution in [0.1, 0.15) is 0 Å². The van der Waals surface area contributed by atoms with E-state index in [4.69, 9.17) is 28.7 Å². The van der Waals surface area contributed by atoms with Crippen molar-refractivity contribution in [2.75, 3.05) is 84.9 Å². The van der Waals surface area contributed by atoms with Crippen LogP contribution in [0.3, 0.4) is 0 Å². The van der Waals surface area contributed by atoms with Crippen molar-refractivity contribution in [3.63, 3.8) is 0 Å². The van der Waals surface area contributed by atoms with Gasteiger partial charge in [-0.2, -0.15) is 0 Å². The van der Waals surface area contributed by atoms with E-state index in [0.29, 0.717) is 0 Å². The fraction of sp³-hybridized carbons (Fsp3) is 1.00. The molecule has 1 heterocycles. The average molecular weight is 396 g/mol. The third-order valence-electron chi connectivity index (χ3n) is 4.70. The standard InChI is InChI=1S/C15H36N6O6/c1-16(2)13(22-7)19(25-10)14(23-8,17(3)4)21(27-12)15(24-9,18(5)6)20(13)26-11/h1-12H3. The second-order valence-electron chi connectivity index (χ2n) is 6.45. The van der Waals surface area contributed by atoms with Crippen molar-refractivity contribution in [2.24, 2.45) is 0 Å². The van der Waals surface area contributed by atoms with Crippen LogP contribution in [-0.4, -0.2) is 133 Å². The lowest BCUT2D eigenvalue weighted by Gasteiger charge is -2.68. The zero-order chi connectivity index (χ0) is 21.2. The van der Waals surface area contributed by atoms with E-state index in [1.165, 1.54) is 57.8 Å². The zero-order valence-corrected chi connectivity index (χ0v) is 18.6. The van der Waals surface area contributed by atoms with Gasteiger partial charge in [-0.3, -0.25) is 29.2 Å². The van der Waals surface area contributed by atoms with E-state index in [9.17, 15) is 0 Å². The summed E-state index contributed by atoms with van der Waals surface area (Å²) in [5, 5.41) is 4.40. The van der Waals surface area contributed by atoms with Crippen LogP contribution in [0.2, 0.25) is 0 Å². The number of nitrogens with zero attached hydrogens (tertiary/aromatic N) is 6. The summed E-state index contributed by atoms with van der Waals surface area (Å²) < 4.78 is 18.0. The molecule has 1 fully saturated rings. The molecule has 162 valence electrons. The van der Waals surface area contributed by atoms with Crippen molar-refractivity contribution in [1.82, 2.24) is 29.9 Å². The van der Waals surface area contributed by atoms with Crippen molar-refractivity contribution in [1.29, 1.82) is 0 Å². The normalized spacial score (nSPS) is 34.3. The number of hydrogen-bond donors (Lipinski definition) is 0. The van der Waals surface area contributed by atoms with Crippen LogP contribution in [0, 0.1) is 0 Å². The smallest absolute Gasteiger partial charge is 0.297 e. The molecule has 0 saturated carbocycles. The monoisotopic (exact) mass is 396 g/mol. The lowest BCUT2D eigenvalue weighted by atomic mass is 10.3. The summed E-state index contributed by atoms with van der Waals surface area (Å²) in [6, 6.07) is 0. The molecule has 0 aromatic rings. The van der Waals surface area contributed by atoms with Crippen LogP contribution >= 0.6 is 0 Å². The summed E-state index contributed by atoms with van der Waals surface area (Å²) in [6.07, 6.45) is 0. The molecule has 1 aliphatic heterocycles. The second kappa shape index (κ2) is 8.90. The Kier molecular flexibility index (Phi) is 8.10. The molecule has 0 bridgehead atoms. The molecule has 0 aromatic carbocycles. The Bertz CT molecular complexity index is 401. The first-order valence-electron chi connectivity index (χ1n) is 8.31. The first-order valence-corrected chi connectivity index (χ1v) is 8.31. The molecular weight excluding hydrogens is 360 g/mol. The Balaban J connectivity index is 4.08. The number of hydroxylamine groups is 6. The first kappa shape index (κ1) is 24.6. The molecule has 0 amide bonds. The number of hydrogen-bond acceptors (Lipinski definition) is 12. The van der Waals surface area contributed by atoms with Crippen molar-refractivity contribution in [3.8, 4) is 0 Å². The lowest BCUT2D eigenvalue weighted by molar-refractivity contribution is -0.667. The number of methoxy groups -OCH3 is 3. The van der Waals surface area contributed by atoms with Gasteiger partial charge < -0.3 is 14.2 Å². The predicted octanol–water partition coefficient (Wildman–Crippen LogP) is -0.952. The van der Waals surface area contributed by atoms with E-state index < -0.39 is 17.9 Å². The molecule has 1 aliphatic rings. The first-order chi connectivity index (χ1) is 12.6. The Morgan fingerprint density at radius 3 is 0.704 bits per heavy atom. The highest BCUT2D eigenvalue weighted by Gasteiger charge is 2.76. The van der Waals surface area contributed by atoms with Gasteiger partial charge in [-0.05, 0) is 42.3 Å². The Morgan fingerprint density at radius 1 is 0.444 bits per heavy atom. The van der Waals surface area contributed by atoms with Gasteiger partial charge in [0, 0.05) is 21.3 Å². The molecule has 0 aromatic heterocycles. The Morgan fingerprint density at radius 2 is 0.630 bits per heavy atom. The van der Waals surface area contributed by atoms with Gasteiger partial charge in [-0.1, -0.05) is 15.2 Å². The fourth-order valence-electron chi connectivity index (χ4n) is 3.67. The van der Waals surface area contributed by atoms with Crippen LogP contribution in [0.25, 0.3) is 0 Å². The molecule has 0 unspecified atom stereocenters. The van der Waals surface area contributed by atoms with Gasteiger partial charge in [0.15, 0.2) is 0 Å². The SMILES string of the molecule is CON1C(OC)(N(C)C)N(OC)C(OC)(N(C)C)N(OC)C1(OC)N(C)C. The van der Waals surface area contributed by atoms with Crippen LogP contribution in [0.5, 0.6) is 0 Å². The molecule has 0 N–H and O–H groups in total. The van der Waals surface area contributed by atoms with E-state index in [2.05, 4.69) is 0 Å². The van der Waals surface area contributed by atoms with E-state index in [-0.39, 0.29) is 0 Å². The third-order valence-corrected chi connectivity index (χ3v) is 4.70. The summed E-state index contributed by atoms with van der Waals surface area (Å²) >= 11 is 0. The van der Waals surface area contributed by atoms with Gasteiger partial charge in [0.05, 0.1) is 21.3 Å². The van der Waals surface area contributed by atoms with Crippen molar-refractivity contribution < 1.29 is 28.7 Å². The quantitative estimate of drug-likeness (QED) is 0.451. The highest BCUT2D eigenvalue weighted by molar-refractivity contribution is 4.94. The van der Waals surface area contributed by atoms with Gasteiger partial charge >= 0.3 is 0 Å². The molecule has 0 spiro atoms. The van der Waals surface area contributed by atoms with Gasteiger partial charge in [-0.15, -0.1) is 0 Å². The molecule has 1 saturated heterocycles. The van der Waals surface area contributed by atoms with E-state index in [0.717, 1.165) is 0 Å². The lowest BCUT2D eigenvalue weighted by Crippen LogP contribution is -2.94. The maximum absolute atomic E-state index is 5.99. The van der Waals surface area contributed by atoms with Gasteiger partial charge in [0.2, 0.25) is 0 Å². The van der Waals surface area contributed by atoms with Crippen LogP contribution in [0.4, 0.5) is 0 Å². The Labute approximate surface area is 162 Å². The summed E-state index contributed by atoms with van der Waals surface area (Å²) in [7, 11) is 20.0. The summed E-state index contributed by atoms with van der Waals surface area (Å²) in [6.45, 7) is 0. The van der Waals surface area contributed by atoms with Crippen LogP contribution < -0.4 is 0 Å². The van der Waals surface area contributed by atoms with Gasteiger partial charge in [0.25, 0.3) is 17.9 Å². The summed E-state index contributed by atoms with van der Waals surface area (Å²) in [5.41, 5.74) is 0. The zero-order valence-electron chi connectivity index (χ0n) is 18.6. The molecule has 12 nitrogen and oxygen atoms in total. The molecule has 27 heavy (non-hydrogen) atoms. The summed E-state index contributed by atoms with van der Waals surface area (Å²) in [4.78, 5) is 22.7. The van der Waals surface area contributed by atoms with E-state index in [1.54, 1.807) is 14.7 Å². The molecule has 0 atom stereocenters. The maximum atomic E-state index is 5.99. The minimum atomic E-state index is -1.43. The molecular formula is C15H36N6O6. The molecule has 0 radical (unpaired) electrons. The van der Waals surface area contributed by atoms with Crippen molar-refractivity contribution >= 4 is 0 Å². The number of rotatable bonds is 9. The maximum Gasteiger partial charge on any atom is 0.297 e. The van der Waals surface area contributed by atoms with Gasteiger partial charge in [0.1, 0.15) is 0 Å². The Hall–Kier alpha value is -0.480. The largest absolute Gasteiger partial charge is 0.334 e. The van der Waals surface area contributed by atoms with Crippen LogP contribution in [0.15, 0.2) is 0 Å². The predicted molar refractivity (Wildman–Crippen MR) is 96.8 cm³/mol. The highest BCUT2D eigenvalue weighted by Crippen LogP contribution is 2.48. The highest BCUT2D eigenvalue weighted by atomic mass is 16.9. The minimum absolute atomic E-state index is 1.43. The summed E-state index contributed by atoms with van der Waals surface area (Å²) in [5.74, 6) is -4.29. The van der Waals surface area contributed by atoms with Crippen molar-refractivity contribution in [3.05, 3.63) is 0 Å². The molecule has 0 aliphatic carbocycles. The number of ether oxygens (including phenoxy) is 3. The third kappa shape index (κ3) is 3.01. The van der Waals surface area contributed by atoms with Crippen LogP contribution in [-0.2, 0) is 28.7 Å². The topological polar surface area (TPSA) is 74.8 Å². The van der Waals surface area contributed by atoms with E-state index in [1.807, 2.05) is 42.3 Å². The fourth-order valence-corrected chi connectivity index (χ4v) is 3.67.